The highest BCUT2D eigenvalue weighted by atomic mass is 16.5. The Labute approximate surface area is 526 Å². The zero-order valence-electron chi connectivity index (χ0n) is 57.2. The second-order valence-electron chi connectivity index (χ2n) is 26.7. The molecule has 84 heavy (non-hydrogen) atoms. The molecule has 0 aliphatic rings. The minimum absolute atomic E-state index is 0.0167. The van der Waals surface area contributed by atoms with Gasteiger partial charge in [-0.3, -0.25) is 9.59 Å². The van der Waals surface area contributed by atoms with Crippen LogP contribution in [0.15, 0.2) is 24.3 Å². The normalized spacial score (nSPS) is 12.6. The van der Waals surface area contributed by atoms with Crippen LogP contribution in [0.25, 0.3) is 0 Å². The van der Waals surface area contributed by atoms with E-state index >= 15 is 0 Å². The minimum Gasteiger partial charge on any atom is -0.466 e. The van der Waals surface area contributed by atoms with Crippen molar-refractivity contribution in [3.05, 3.63) is 24.3 Å². The second-order valence-corrected chi connectivity index (χ2v) is 26.7. The van der Waals surface area contributed by atoms with Gasteiger partial charge in [-0.25, -0.2) is 0 Å². The quantitative estimate of drug-likeness (QED) is 0.0320. The van der Waals surface area contributed by atoms with Crippen LogP contribution in [0.2, 0.25) is 0 Å². The molecule has 6 nitrogen and oxygen atoms in total. The van der Waals surface area contributed by atoms with E-state index in [2.05, 4.69) is 43.5 Å². The molecule has 0 saturated carbocycles. The fourth-order valence-electron chi connectivity index (χ4n) is 12.3. The number of amides is 1. The van der Waals surface area contributed by atoms with Gasteiger partial charge in [-0.1, -0.05) is 372 Å². The topological polar surface area (TPSA) is 95.9 Å². The number of hydrogen-bond donors (Lipinski definition) is 3. The lowest BCUT2D eigenvalue weighted by Crippen LogP contribution is -2.45. The van der Waals surface area contributed by atoms with E-state index in [9.17, 15) is 19.8 Å². The second kappa shape index (κ2) is 73.8. The number of aliphatic hydroxyl groups is 2. The molecule has 0 rings (SSSR count). The molecule has 0 aliphatic carbocycles. The molecule has 3 N–H and O–H groups in total. The SMILES string of the molecule is CCCCCCCCC/C=C\CCCCCCCCCC(=O)OCCCCCCCCCCCCCC/C=C\CCCCCCCCCCCCCCCCCCCC(=O)NC(CO)C(O)CCCCCCCCCCCCCCCCCC. The number of allylic oxidation sites excluding steroid dienone is 4. The Morgan fingerprint density at radius 1 is 0.321 bits per heavy atom. The molecule has 0 aromatic rings. The van der Waals surface area contributed by atoms with E-state index < -0.39 is 12.1 Å². The van der Waals surface area contributed by atoms with Crippen LogP contribution >= 0.6 is 0 Å². The van der Waals surface area contributed by atoms with Gasteiger partial charge in [-0.2, -0.15) is 0 Å². The molecule has 6 heteroatoms. The molecule has 1 amide bonds. The standard InChI is InChI=1S/C78H151NO5/c1-3-5-7-9-11-13-15-17-19-21-40-44-48-52-56-60-64-68-72-78(83)84-73-69-65-61-57-53-49-45-41-38-36-34-32-30-28-26-24-22-23-25-27-29-31-33-35-37-39-43-47-51-55-59-63-67-71-77(82)79-75(74-80)76(81)70-66-62-58-54-50-46-42-20-18-16-14-12-10-8-6-4-2/h19,21,26,28,75-76,80-81H,3-18,20,22-25,27,29-74H2,1-2H3,(H,79,82)/b21-19-,28-26-. The van der Waals surface area contributed by atoms with Crippen LogP contribution in [0, 0.1) is 0 Å². The molecular weight excluding hydrogens is 1030 g/mol. The Morgan fingerprint density at radius 3 is 0.845 bits per heavy atom. The van der Waals surface area contributed by atoms with Gasteiger partial charge in [0.25, 0.3) is 0 Å². The Hall–Kier alpha value is -1.66. The van der Waals surface area contributed by atoms with Crippen LogP contribution in [0.3, 0.4) is 0 Å². The van der Waals surface area contributed by atoms with E-state index in [1.54, 1.807) is 0 Å². The van der Waals surface area contributed by atoms with Crippen molar-refractivity contribution in [2.45, 2.75) is 450 Å². The molecule has 2 atom stereocenters. The highest BCUT2D eigenvalue weighted by Crippen LogP contribution is 2.19. The first-order chi connectivity index (χ1) is 41.5. The predicted molar refractivity (Wildman–Crippen MR) is 370 cm³/mol. The molecule has 0 aromatic carbocycles. The summed E-state index contributed by atoms with van der Waals surface area (Å²) in [5, 5.41) is 23.4. The van der Waals surface area contributed by atoms with Crippen molar-refractivity contribution in [2.75, 3.05) is 13.2 Å². The molecule has 0 aromatic heterocycles. The molecule has 0 aliphatic heterocycles. The minimum atomic E-state index is -0.662. The summed E-state index contributed by atoms with van der Waals surface area (Å²) in [6, 6.07) is -0.539. The van der Waals surface area contributed by atoms with E-state index in [0.29, 0.717) is 25.9 Å². The number of nitrogens with one attached hydrogen (secondary N) is 1. The summed E-state index contributed by atoms with van der Waals surface area (Å²) in [6.45, 7) is 4.99. The lowest BCUT2D eigenvalue weighted by Gasteiger charge is -2.22. The van der Waals surface area contributed by atoms with Crippen LogP contribution in [-0.4, -0.2) is 47.4 Å². The van der Waals surface area contributed by atoms with Gasteiger partial charge in [-0.15, -0.1) is 0 Å². The number of esters is 1. The van der Waals surface area contributed by atoms with Crippen molar-refractivity contribution < 1.29 is 24.5 Å². The number of aliphatic hydroxyl groups excluding tert-OH is 2. The third-order valence-corrected chi connectivity index (χ3v) is 18.2. The monoisotopic (exact) mass is 1180 g/mol. The number of unbranched alkanes of at least 4 members (excludes halogenated alkanes) is 58. The average molecular weight is 1180 g/mol. The number of ether oxygens (including phenoxy) is 1. The van der Waals surface area contributed by atoms with Gasteiger partial charge in [0.2, 0.25) is 5.91 Å². The maximum absolute atomic E-state index is 12.5. The fourth-order valence-corrected chi connectivity index (χ4v) is 12.3. The Morgan fingerprint density at radius 2 is 0.560 bits per heavy atom. The lowest BCUT2D eigenvalue weighted by atomic mass is 10.0. The smallest absolute Gasteiger partial charge is 0.305 e. The molecule has 0 bridgehead atoms. The zero-order chi connectivity index (χ0) is 60.6. The zero-order valence-corrected chi connectivity index (χ0v) is 57.2. The van der Waals surface area contributed by atoms with Crippen molar-refractivity contribution >= 4 is 11.9 Å². The third kappa shape index (κ3) is 69.4. The lowest BCUT2D eigenvalue weighted by molar-refractivity contribution is -0.143. The summed E-state index contributed by atoms with van der Waals surface area (Å²) in [5.74, 6) is -0.0114. The largest absolute Gasteiger partial charge is 0.466 e. The van der Waals surface area contributed by atoms with Crippen molar-refractivity contribution in [3.8, 4) is 0 Å². The summed E-state index contributed by atoms with van der Waals surface area (Å²) in [7, 11) is 0. The maximum atomic E-state index is 12.5. The molecule has 0 fully saturated rings. The Balaban J connectivity index is 3.33. The van der Waals surface area contributed by atoms with Crippen LogP contribution < -0.4 is 5.32 Å². The van der Waals surface area contributed by atoms with Gasteiger partial charge in [0.15, 0.2) is 0 Å². The van der Waals surface area contributed by atoms with Gasteiger partial charge in [0, 0.05) is 12.8 Å². The number of hydrogen-bond acceptors (Lipinski definition) is 5. The summed E-state index contributed by atoms with van der Waals surface area (Å²) >= 11 is 0. The summed E-state index contributed by atoms with van der Waals surface area (Å²) < 4.78 is 5.51. The molecule has 498 valence electrons. The first kappa shape index (κ1) is 82.3. The van der Waals surface area contributed by atoms with E-state index in [1.165, 1.54) is 360 Å². The van der Waals surface area contributed by atoms with Crippen molar-refractivity contribution in [1.82, 2.24) is 5.32 Å². The van der Waals surface area contributed by atoms with Crippen LogP contribution in [-0.2, 0) is 14.3 Å². The predicted octanol–water partition coefficient (Wildman–Crippen LogP) is 25.3. The van der Waals surface area contributed by atoms with Gasteiger partial charge in [0.1, 0.15) is 0 Å². The summed E-state index contributed by atoms with van der Waals surface area (Å²) in [6.07, 6.45) is 94.0. The Kier molecular flexibility index (Phi) is 72.3. The molecule has 0 saturated heterocycles. The van der Waals surface area contributed by atoms with Crippen LogP contribution in [0.5, 0.6) is 0 Å². The van der Waals surface area contributed by atoms with Crippen LogP contribution in [0.4, 0.5) is 0 Å². The molecule has 0 radical (unpaired) electrons. The molecule has 2 unspecified atom stereocenters. The highest BCUT2D eigenvalue weighted by molar-refractivity contribution is 5.76. The highest BCUT2D eigenvalue weighted by Gasteiger charge is 2.20. The molecule has 0 heterocycles. The fraction of sp³-hybridized carbons (Fsp3) is 0.923. The van der Waals surface area contributed by atoms with E-state index in [0.717, 1.165) is 44.9 Å². The van der Waals surface area contributed by atoms with E-state index in [4.69, 9.17) is 4.74 Å². The van der Waals surface area contributed by atoms with Gasteiger partial charge in [-0.05, 0) is 77.0 Å². The van der Waals surface area contributed by atoms with Crippen molar-refractivity contribution in [1.29, 1.82) is 0 Å². The third-order valence-electron chi connectivity index (χ3n) is 18.2. The van der Waals surface area contributed by atoms with Crippen molar-refractivity contribution in [3.63, 3.8) is 0 Å². The maximum Gasteiger partial charge on any atom is 0.305 e. The number of carbonyl (C=O) groups excluding carboxylic acids is 2. The van der Waals surface area contributed by atoms with Crippen LogP contribution in [0.1, 0.15) is 438 Å². The van der Waals surface area contributed by atoms with Gasteiger partial charge in [0.05, 0.1) is 25.4 Å². The summed E-state index contributed by atoms with van der Waals surface area (Å²) in [5.41, 5.74) is 0. The van der Waals surface area contributed by atoms with Gasteiger partial charge < -0.3 is 20.3 Å². The summed E-state index contributed by atoms with van der Waals surface area (Å²) in [4.78, 5) is 24.6. The first-order valence-electron chi connectivity index (χ1n) is 38.6. The van der Waals surface area contributed by atoms with Crippen molar-refractivity contribution in [2.24, 2.45) is 0 Å². The first-order valence-corrected chi connectivity index (χ1v) is 38.6. The number of carbonyl (C=O) groups is 2. The Bertz CT molecular complexity index is 1320. The van der Waals surface area contributed by atoms with E-state index in [-0.39, 0.29) is 18.5 Å². The van der Waals surface area contributed by atoms with E-state index in [1.807, 2.05) is 0 Å². The molecular formula is C78H151NO5. The van der Waals surface area contributed by atoms with Gasteiger partial charge >= 0.3 is 5.97 Å². The molecule has 0 spiro atoms. The average Bonchev–Trinajstić information content (AvgIpc) is 3.50. The number of rotatable bonds is 73.